The molecule has 0 aliphatic carbocycles. The van der Waals surface area contributed by atoms with Gasteiger partial charge in [0.2, 0.25) is 0 Å². The second kappa shape index (κ2) is 5.42. The van der Waals surface area contributed by atoms with E-state index in [1.807, 2.05) is 49.0 Å². The first kappa shape index (κ1) is 12.8. The van der Waals surface area contributed by atoms with Crippen molar-refractivity contribution in [2.24, 2.45) is 17.2 Å². The van der Waals surface area contributed by atoms with Gasteiger partial charge in [0.25, 0.3) is 5.91 Å². The van der Waals surface area contributed by atoms with Crippen LogP contribution in [0.4, 0.5) is 0 Å². The molecule has 1 unspecified atom stereocenters. The zero-order valence-corrected chi connectivity index (χ0v) is 11.7. The predicted molar refractivity (Wildman–Crippen MR) is 76.2 cm³/mol. The molecule has 0 spiro atoms. The van der Waals surface area contributed by atoms with Crippen molar-refractivity contribution in [2.45, 2.75) is 12.5 Å². The molecule has 5 nitrogen and oxygen atoms in total. The summed E-state index contributed by atoms with van der Waals surface area (Å²) in [4.78, 5) is 22.1. The van der Waals surface area contributed by atoms with Crippen LogP contribution in [-0.4, -0.2) is 16.2 Å². The van der Waals surface area contributed by atoms with Crippen molar-refractivity contribution in [3.8, 4) is 0 Å². The van der Waals surface area contributed by atoms with Crippen LogP contribution < -0.4 is 4.80 Å². The second-order valence-electron chi connectivity index (χ2n) is 4.46. The van der Waals surface area contributed by atoms with Crippen molar-refractivity contribution in [1.29, 1.82) is 0 Å². The van der Waals surface area contributed by atoms with Gasteiger partial charge in [-0.1, -0.05) is 35.5 Å². The lowest BCUT2D eigenvalue weighted by atomic mass is 10.0. The molecule has 1 amide bonds. The summed E-state index contributed by atoms with van der Waals surface area (Å²) in [6, 6.07) is 9.74. The molecule has 1 aliphatic rings. The van der Waals surface area contributed by atoms with E-state index in [0.29, 0.717) is 16.9 Å². The average Bonchev–Trinajstić information content (AvgIpc) is 3.10. The summed E-state index contributed by atoms with van der Waals surface area (Å²) < 4.78 is 1.80. The minimum absolute atomic E-state index is 0.192. The van der Waals surface area contributed by atoms with Crippen LogP contribution in [0.5, 0.6) is 0 Å². The number of thiazole rings is 1. The normalized spacial score (nSPS) is 18.8. The highest BCUT2D eigenvalue weighted by Crippen LogP contribution is 2.27. The third-order valence-electron chi connectivity index (χ3n) is 3.04. The van der Waals surface area contributed by atoms with Crippen molar-refractivity contribution in [1.82, 2.24) is 4.57 Å². The summed E-state index contributed by atoms with van der Waals surface area (Å²) >= 11 is 1.41. The topological polar surface area (TPSA) is 56.0 Å². The molecule has 102 valence electrons. The number of aromatic nitrogens is 1. The number of oxime groups is 1. The van der Waals surface area contributed by atoms with Crippen molar-refractivity contribution >= 4 is 23.0 Å². The fraction of sp³-hybridized carbons (Fsp3) is 0.214. The molecule has 0 saturated heterocycles. The van der Waals surface area contributed by atoms with Crippen LogP contribution in [0.3, 0.4) is 0 Å². The maximum Gasteiger partial charge on any atom is 0.297 e. The van der Waals surface area contributed by atoms with Gasteiger partial charge in [-0.05, 0) is 5.56 Å². The first-order valence-electron chi connectivity index (χ1n) is 6.21. The first-order chi connectivity index (χ1) is 9.74. The smallest absolute Gasteiger partial charge is 0.297 e. The molecular weight excluding hydrogens is 274 g/mol. The molecule has 3 rings (SSSR count). The van der Waals surface area contributed by atoms with Crippen LogP contribution >= 0.6 is 11.3 Å². The van der Waals surface area contributed by atoms with Gasteiger partial charge in [0.15, 0.2) is 16.6 Å². The molecule has 1 aromatic heterocycles. The fourth-order valence-corrected chi connectivity index (χ4v) is 2.66. The maximum atomic E-state index is 12.1. The van der Waals surface area contributed by atoms with E-state index in [4.69, 9.17) is 4.84 Å². The molecule has 0 bridgehead atoms. The van der Waals surface area contributed by atoms with E-state index in [1.165, 1.54) is 11.3 Å². The van der Waals surface area contributed by atoms with E-state index in [1.54, 1.807) is 4.57 Å². The third-order valence-corrected chi connectivity index (χ3v) is 3.89. The van der Waals surface area contributed by atoms with E-state index in [2.05, 4.69) is 10.1 Å². The Morgan fingerprint density at radius 1 is 1.45 bits per heavy atom. The van der Waals surface area contributed by atoms with E-state index >= 15 is 0 Å². The SMILES string of the molecule is Cn1ccsc1=NC(=O)C1=NOC(c2ccccc2)C1. The van der Waals surface area contributed by atoms with E-state index in [-0.39, 0.29) is 12.0 Å². The highest BCUT2D eigenvalue weighted by molar-refractivity contribution is 7.07. The molecule has 1 aliphatic heterocycles. The average molecular weight is 287 g/mol. The Labute approximate surface area is 119 Å². The molecule has 20 heavy (non-hydrogen) atoms. The van der Waals surface area contributed by atoms with Gasteiger partial charge >= 0.3 is 0 Å². The van der Waals surface area contributed by atoms with Gasteiger partial charge in [-0.2, -0.15) is 4.99 Å². The van der Waals surface area contributed by atoms with Crippen molar-refractivity contribution in [2.75, 3.05) is 0 Å². The van der Waals surface area contributed by atoms with Crippen LogP contribution in [-0.2, 0) is 16.7 Å². The monoisotopic (exact) mass is 287 g/mol. The Kier molecular flexibility index (Phi) is 3.47. The first-order valence-corrected chi connectivity index (χ1v) is 7.09. The molecule has 0 N–H and O–H groups in total. The fourth-order valence-electron chi connectivity index (χ4n) is 1.94. The number of amides is 1. The Morgan fingerprint density at radius 3 is 2.95 bits per heavy atom. The zero-order chi connectivity index (χ0) is 13.9. The summed E-state index contributed by atoms with van der Waals surface area (Å²) in [5.41, 5.74) is 1.38. The van der Waals surface area contributed by atoms with Gasteiger partial charge in [0, 0.05) is 25.0 Å². The molecule has 0 saturated carbocycles. The summed E-state index contributed by atoms with van der Waals surface area (Å²) in [5, 5.41) is 5.75. The van der Waals surface area contributed by atoms with Crippen LogP contribution in [0.1, 0.15) is 18.1 Å². The van der Waals surface area contributed by atoms with Gasteiger partial charge in [0.05, 0.1) is 0 Å². The summed E-state index contributed by atoms with van der Waals surface area (Å²) in [7, 11) is 1.85. The highest BCUT2D eigenvalue weighted by atomic mass is 32.1. The standard InChI is InChI=1S/C14H13N3O2S/c1-17-7-8-20-14(17)15-13(18)11-9-12(19-16-11)10-5-3-2-4-6-10/h2-8,12H,9H2,1H3. The Hall–Kier alpha value is -2.21. The Morgan fingerprint density at radius 2 is 2.25 bits per heavy atom. The van der Waals surface area contributed by atoms with Crippen molar-refractivity contribution in [3.63, 3.8) is 0 Å². The minimum Gasteiger partial charge on any atom is -0.387 e. The van der Waals surface area contributed by atoms with Gasteiger partial charge in [-0.25, -0.2) is 0 Å². The van der Waals surface area contributed by atoms with Crippen LogP contribution in [0.2, 0.25) is 0 Å². The number of carbonyl (C=O) groups is 1. The molecule has 1 atom stereocenters. The quantitative estimate of drug-likeness (QED) is 0.848. The number of nitrogens with zero attached hydrogens (tertiary/aromatic N) is 3. The van der Waals surface area contributed by atoms with Crippen LogP contribution in [0.25, 0.3) is 0 Å². The Bertz CT molecular complexity index is 715. The van der Waals surface area contributed by atoms with Crippen LogP contribution in [0.15, 0.2) is 52.1 Å². The van der Waals surface area contributed by atoms with Crippen LogP contribution in [0, 0.1) is 0 Å². The van der Waals surface area contributed by atoms with Gasteiger partial charge in [0.1, 0.15) is 0 Å². The number of aryl methyl sites for hydroxylation is 1. The minimum atomic E-state index is -0.332. The maximum absolute atomic E-state index is 12.1. The highest BCUT2D eigenvalue weighted by Gasteiger charge is 2.27. The number of rotatable bonds is 2. The lowest BCUT2D eigenvalue weighted by molar-refractivity contribution is -0.112. The number of hydrogen-bond acceptors (Lipinski definition) is 4. The Balaban J connectivity index is 1.75. The van der Waals surface area contributed by atoms with Crippen molar-refractivity contribution < 1.29 is 9.63 Å². The molecule has 2 aromatic rings. The number of benzene rings is 1. The number of carbonyl (C=O) groups excluding carboxylic acids is 1. The summed E-state index contributed by atoms with van der Waals surface area (Å²) in [5.74, 6) is -0.332. The molecule has 6 heteroatoms. The lowest BCUT2D eigenvalue weighted by Crippen LogP contribution is -2.17. The molecular formula is C14H13N3O2S. The van der Waals surface area contributed by atoms with E-state index in [9.17, 15) is 4.79 Å². The second-order valence-corrected chi connectivity index (χ2v) is 5.33. The molecule has 1 aromatic carbocycles. The number of hydrogen-bond donors (Lipinski definition) is 0. The summed E-state index contributed by atoms with van der Waals surface area (Å²) in [6.07, 6.45) is 2.13. The lowest BCUT2D eigenvalue weighted by Gasteiger charge is -2.06. The third kappa shape index (κ3) is 2.55. The largest absolute Gasteiger partial charge is 0.387 e. The van der Waals surface area contributed by atoms with E-state index < -0.39 is 0 Å². The molecule has 2 heterocycles. The predicted octanol–water partition coefficient (Wildman–Crippen LogP) is 2.03. The summed E-state index contributed by atoms with van der Waals surface area (Å²) in [6.45, 7) is 0. The zero-order valence-electron chi connectivity index (χ0n) is 10.9. The van der Waals surface area contributed by atoms with Crippen molar-refractivity contribution in [3.05, 3.63) is 52.3 Å². The molecule has 0 fully saturated rings. The van der Waals surface area contributed by atoms with Gasteiger partial charge < -0.3 is 9.40 Å². The van der Waals surface area contributed by atoms with E-state index in [0.717, 1.165) is 5.56 Å². The van der Waals surface area contributed by atoms with Gasteiger partial charge in [-0.15, -0.1) is 11.3 Å². The van der Waals surface area contributed by atoms with Gasteiger partial charge in [-0.3, -0.25) is 4.79 Å². The molecule has 0 radical (unpaired) electrons.